The number of para-hydroxylation sites is 3. The molecule has 0 bridgehead atoms. The van der Waals surface area contributed by atoms with E-state index in [2.05, 4.69) is 83.0 Å². The van der Waals surface area contributed by atoms with Crippen LogP contribution in [0.4, 0.5) is 5.69 Å². The summed E-state index contributed by atoms with van der Waals surface area (Å²) in [5.41, 5.74) is 13.1. The molecule has 0 aliphatic carbocycles. The minimum atomic E-state index is 0.0588. The van der Waals surface area contributed by atoms with Gasteiger partial charge in [-0.1, -0.05) is 54.6 Å². The first-order chi connectivity index (χ1) is 12.8. The average Bonchev–Trinajstić information content (AvgIpc) is 3.29. The number of H-pyrrole nitrogens is 2. The highest BCUT2D eigenvalue weighted by Gasteiger charge is 2.24. The summed E-state index contributed by atoms with van der Waals surface area (Å²) in [5.74, 6) is 0.0588. The first-order valence-electron chi connectivity index (χ1n) is 8.79. The number of fused-ring (bicyclic) bond motifs is 2. The molecule has 0 aliphatic rings. The summed E-state index contributed by atoms with van der Waals surface area (Å²) in [5, 5.41) is 2.46. The molecule has 0 amide bonds. The maximum atomic E-state index is 6.40. The summed E-state index contributed by atoms with van der Waals surface area (Å²) in [7, 11) is 0. The Balaban J connectivity index is 1.83. The molecular weight excluding hydrogens is 318 g/mol. The second-order valence-electron chi connectivity index (χ2n) is 6.64. The van der Waals surface area contributed by atoms with Crippen LogP contribution in [0.25, 0.3) is 21.8 Å². The molecule has 126 valence electrons. The van der Waals surface area contributed by atoms with Crippen molar-refractivity contribution in [3.8, 4) is 0 Å². The monoisotopic (exact) mass is 337 g/mol. The summed E-state index contributed by atoms with van der Waals surface area (Å²) >= 11 is 0. The third kappa shape index (κ3) is 2.21. The molecule has 0 aliphatic heterocycles. The van der Waals surface area contributed by atoms with Gasteiger partial charge in [-0.05, 0) is 34.9 Å². The minimum Gasteiger partial charge on any atom is -0.398 e. The van der Waals surface area contributed by atoms with E-state index in [1.54, 1.807) is 0 Å². The van der Waals surface area contributed by atoms with Crippen molar-refractivity contribution in [3.05, 3.63) is 102 Å². The largest absolute Gasteiger partial charge is 0.398 e. The molecule has 2 aromatic heterocycles. The Morgan fingerprint density at radius 2 is 1.08 bits per heavy atom. The number of nitrogens with two attached hydrogens (primary N) is 1. The van der Waals surface area contributed by atoms with Gasteiger partial charge in [0.1, 0.15) is 0 Å². The van der Waals surface area contributed by atoms with Crippen LogP contribution in [-0.4, -0.2) is 9.97 Å². The zero-order chi connectivity index (χ0) is 17.5. The van der Waals surface area contributed by atoms with Crippen molar-refractivity contribution in [2.75, 3.05) is 5.73 Å². The van der Waals surface area contributed by atoms with E-state index in [0.29, 0.717) is 0 Å². The van der Waals surface area contributed by atoms with Crippen molar-refractivity contribution in [2.45, 2.75) is 5.92 Å². The highest BCUT2D eigenvalue weighted by atomic mass is 14.7. The fourth-order valence-corrected chi connectivity index (χ4v) is 3.94. The summed E-state index contributed by atoms with van der Waals surface area (Å²) in [6, 6.07) is 25.0. The maximum absolute atomic E-state index is 6.40. The van der Waals surface area contributed by atoms with E-state index in [0.717, 1.165) is 22.3 Å². The summed E-state index contributed by atoms with van der Waals surface area (Å²) in [4.78, 5) is 6.83. The number of aromatic amines is 2. The zero-order valence-electron chi connectivity index (χ0n) is 14.2. The summed E-state index contributed by atoms with van der Waals surface area (Å²) < 4.78 is 0. The lowest BCUT2D eigenvalue weighted by Crippen LogP contribution is -2.05. The van der Waals surface area contributed by atoms with Crippen LogP contribution in [0.15, 0.2) is 85.2 Å². The number of nitrogen functional groups attached to an aromatic ring is 1. The second-order valence-corrected chi connectivity index (χ2v) is 6.64. The third-order valence-corrected chi connectivity index (χ3v) is 5.17. The van der Waals surface area contributed by atoms with Crippen LogP contribution in [0.2, 0.25) is 0 Å². The van der Waals surface area contributed by atoms with Gasteiger partial charge in [-0.15, -0.1) is 0 Å². The Kier molecular flexibility index (Phi) is 3.32. The predicted molar refractivity (Wildman–Crippen MR) is 108 cm³/mol. The Morgan fingerprint density at radius 1 is 0.577 bits per heavy atom. The smallest absolute Gasteiger partial charge is 0.0457 e. The van der Waals surface area contributed by atoms with Crippen LogP contribution in [0.5, 0.6) is 0 Å². The Bertz CT molecular complexity index is 1140. The molecule has 26 heavy (non-hydrogen) atoms. The van der Waals surface area contributed by atoms with Crippen LogP contribution in [0.3, 0.4) is 0 Å². The third-order valence-electron chi connectivity index (χ3n) is 5.17. The maximum Gasteiger partial charge on any atom is 0.0457 e. The lowest BCUT2D eigenvalue weighted by molar-refractivity contribution is 1.00. The first-order valence-corrected chi connectivity index (χ1v) is 8.79. The topological polar surface area (TPSA) is 57.6 Å². The molecule has 0 atom stereocenters. The summed E-state index contributed by atoms with van der Waals surface area (Å²) in [6.45, 7) is 0. The van der Waals surface area contributed by atoms with Crippen LogP contribution < -0.4 is 5.73 Å². The molecule has 0 saturated carbocycles. The molecule has 0 spiro atoms. The van der Waals surface area contributed by atoms with E-state index in [1.807, 2.05) is 12.1 Å². The number of hydrogen-bond acceptors (Lipinski definition) is 1. The molecule has 3 heteroatoms. The molecule has 0 fully saturated rings. The van der Waals surface area contributed by atoms with E-state index >= 15 is 0 Å². The fourth-order valence-electron chi connectivity index (χ4n) is 3.94. The molecule has 3 aromatic carbocycles. The Hall–Kier alpha value is -3.46. The van der Waals surface area contributed by atoms with E-state index in [-0.39, 0.29) is 5.92 Å². The van der Waals surface area contributed by atoms with E-state index in [4.69, 9.17) is 5.73 Å². The van der Waals surface area contributed by atoms with E-state index < -0.39 is 0 Å². The number of rotatable bonds is 3. The van der Waals surface area contributed by atoms with Gasteiger partial charge >= 0.3 is 0 Å². The van der Waals surface area contributed by atoms with Crippen LogP contribution in [0.1, 0.15) is 22.6 Å². The quantitative estimate of drug-likeness (QED) is 0.379. The second kappa shape index (κ2) is 5.81. The van der Waals surface area contributed by atoms with E-state index in [1.165, 1.54) is 21.9 Å². The van der Waals surface area contributed by atoms with Crippen molar-refractivity contribution in [2.24, 2.45) is 0 Å². The molecule has 5 aromatic rings. The van der Waals surface area contributed by atoms with Gasteiger partial charge in [0.05, 0.1) is 0 Å². The van der Waals surface area contributed by atoms with Crippen LogP contribution in [0, 0.1) is 0 Å². The molecule has 3 nitrogen and oxygen atoms in total. The van der Waals surface area contributed by atoms with Crippen molar-refractivity contribution < 1.29 is 0 Å². The molecule has 4 N–H and O–H groups in total. The van der Waals surface area contributed by atoms with Gasteiger partial charge in [-0.3, -0.25) is 0 Å². The van der Waals surface area contributed by atoms with Crippen molar-refractivity contribution in [1.82, 2.24) is 9.97 Å². The van der Waals surface area contributed by atoms with Gasteiger partial charge < -0.3 is 15.7 Å². The SMILES string of the molecule is Nc1ccccc1C(c1c[nH]c2ccccc12)c1c[nH]c2ccccc12. The highest BCUT2D eigenvalue weighted by Crippen LogP contribution is 2.41. The first kappa shape index (κ1) is 14.8. The molecular formula is C23H19N3. The number of benzene rings is 3. The summed E-state index contributed by atoms with van der Waals surface area (Å²) in [6.07, 6.45) is 4.23. The van der Waals surface area contributed by atoms with Gasteiger partial charge in [-0.25, -0.2) is 0 Å². The minimum absolute atomic E-state index is 0.0588. The Morgan fingerprint density at radius 3 is 1.65 bits per heavy atom. The number of hydrogen-bond donors (Lipinski definition) is 3. The highest BCUT2D eigenvalue weighted by molar-refractivity contribution is 5.89. The fraction of sp³-hybridized carbons (Fsp3) is 0.0435. The standard InChI is InChI=1S/C23H19N3/c24-20-10-4-1-9-17(20)23(18-13-25-21-11-5-2-7-15(18)21)19-14-26-22-12-6-3-8-16(19)22/h1-14,23,25-26H,24H2. The van der Waals surface area contributed by atoms with Gasteiger partial charge in [0.15, 0.2) is 0 Å². The zero-order valence-corrected chi connectivity index (χ0v) is 14.2. The van der Waals surface area contributed by atoms with Gasteiger partial charge in [0.25, 0.3) is 0 Å². The van der Waals surface area contributed by atoms with Gasteiger partial charge in [0.2, 0.25) is 0 Å². The Labute approximate surface area is 151 Å². The molecule has 0 radical (unpaired) electrons. The molecule has 5 rings (SSSR count). The van der Waals surface area contributed by atoms with Crippen molar-refractivity contribution in [3.63, 3.8) is 0 Å². The lowest BCUT2D eigenvalue weighted by atomic mass is 9.84. The van der Waals surface area contributed by atoms with Gasteiger partial charge in [0, 0.05) is 45.8 Å². The van der Waals surface area contributed by atoms with Crippen LogP contribution >= 0.6 is 0 Å². The van der Waals surface area contributed by atoms with Crippen molar-refractivity contribution >= 4 is 27.5 Å². The molecule has 0 saturated heterocycles. The number of aromatic nitrogens is 2. The molecule has 2 heterocycles. The van der Waals surface area contributed by atoms with E-state index in [9.17, 15) is 0 Å². The molecule has 0 unspecified atom stereocenters. The lowest BCUT2D eigenvalue weighted by Gasteiger charge is -2.19. The normalized spacial score (nSPS) is 11.6. The number of anilines is 1. The van der Waals surface area contributed by atoms with Crippen molar-refractivity contribution in [1.29, 1.82) is 0 Å². The van der Waals surface area contributed by atoms with Crippen LogP contribution in [-0.2, 0) is 0 Å². The number of nitrogens with one attached hydrogen (secondary N) is 2. The average molecular weight is 337 g/mol. The predicted octanol–water partition coefficient (Wildman–Crippen LogP) is 5.41. The van der Waals surface area contributed by atoms with Gasteiger partial charge in [-0.2, -0.15) is 0 Å².